The fraction of sp³-hybridized carbons (Fsp3) is 0.294. The van der Waals surface area contributed by atoms with Gasteiger partial charge >= 0.3 is 6.18 Å². The van der Waals surface area contributed by atoms with Gasteiger partial charge in [0.1, 0.15) is 5.69 Å². The highest BCUT2D eigenvalue weighted by Crippen LogP contribution is 2.38. The predicted octanol–water partition coefficient (Wildman–Crippen LogP) is 6.42. The van der Waals surface area contributed by atoms with E-state index in [1.807, 2.05) is 34.9 Å². The van der Waals surface area contributed by atoms with Crippen molar-refractivity contribution in [3.05, 3.63) is 113 Å². The Bertz CT molecular complexity index is 1680. The zero-order chi connectivity index (χ0) is 31.6. The lowest BCUT2D eigenvalue weighted by atomic mass is 9.94. The normalized spacial score (nSPS) is 13.6. The van der Waals surface area contributed by atoms with Crippen molar-refractivity contribution in [1.82, 2.24) is 9.47 Å². The molecule has 4 aromatic rings. The summed E-state index contributed by atoms with van der Waals surface area (Å²) in [7, 11) is 4.86. The molecule has 0 bridgehead atoms. The van der Waals surface area contributed by atoms with Crippen molar-refractivity contribution in [2.45, 2.75) is 32.3 Å². The number of ether oxygens (including phenoxy) is 2. The number of para-hydroxylation sites is 1. The van der Waals surface area contributed by atoms with Crippen LogP contribution in [0.4, 0.5) is 18.9 Å². The molecule has 5 rings (SSSR count). The van der Waals surface area contributed by atoms with Crippen LogP contribution < -0.4 is 4.90 Å². The molecular weight excluding hydrogens is 571 g/mol. The van der Waals surface area contributed by atoms with E-state index in [9.17, 15) is 22.8 Å². The number of amides is 2. The Morgan fingerprint density at radius 2 is 1.66 bits per heavy atom. The molecule has 1 aromatic heterocycles. The van der Waals surface area contributed by atoms with E-state index in [-0.39, 0.29) is 30.0 Å². The van der Waals surface area contributed by atoms with Crippen LogP contribution in [0.15, 0.2) is 78.9 Å². The minimum absolute atomic E-state index is 0.0654. The minimum atomic E-state index is -4.51. The molecule has 7 nitrogen and oxygen atoms in total. The molecule has 0 fully saturated rings. The smallest absolute Gasteiger partial charge is 0.382 e. The summed E-state index contributed by atoms with van der Waals surface area (Å²) >= 11 is 0. The van der Waals surface area contributed by atoms with Crippen molar-refractivity contribution in [1.29, 1.82) is 0 Å². The molecule has 44 heavy (non-hydrogen) atoms. The number of benzene rings is 3. The number of carbonyl (C=O) groups is 2. The topological polar surface area (TPSA) is 64.0 Å². The minimum Gasteiger partial charge on any atom is -0.382 e. The quantitative estimate of drug-likeness (QED) is 0.233. The Kier molecular flexibility index (Phi) is 8.94. The van der Waals surface area contributed by atoms with Gasteiger partial charge in [0.05, 0.1) is 31.4 Å². The molecule has 0 spiro atoms. The number of methoxy groups -OCH3 is 2. The molecule has 2 amide bonds. The number of nitrogens with zero attached hydrogens (tertiary/aromatic N) is 3. The van der Waals surface area contributed by atoms with Crippen LogP contribution in [-0.2, 0) is 28.7 Å². The molecule has 3 aromatic carbocycles. The van der Waals surface area contributed by atoms with Crippen molar-refractivity contribution in [3.8, 4) is 11.1 Å². The highest BCUT2D eigenvalue weighted by Gasteiger charge is 2.34. The van der Waals surface area contributed by atoms with Gasteiger partial charge in [0.2, 0.25) is 0 Å². The van der Waals surface area contributed by atoms with Gasteiger partial charge in [-0.1, -0.05) is 42.5 Å². The van der Waals surface area contributed by atoms with Crippen LogP contribution in [-0.4, -0.2) is 61.8 Å². The second kappa shape index (κ2) is 12.7. The molecule has 230 valence electrons. The van der Waals surface area contributed by atoms with Crippen LogP contribution in [0.2, 0.25) is 0 Å². The maximum absolute atomic E-state index is 14.1. The van der Waals surface area contributed by atoms with Crippen molar-refractivity contribution in [2.75, 3.05) is 39.3 Å². The van der Waals surface area contributed by atoms with E-state index < -0.39 is 11.7 Å². The molecule has 0 N–H and O–H groups in total. The summed E-state index contributed by atoms with van der Waals surface area (Å²) in [6.45, 7) is 2.98. The van der Waals surface area contributed by atoms with Gasteiger partial charge in [-0.15, -0.1) is 0 Å². The Morgan fingerprint density at radius 3 is 2.36 bits per heavy atom. The number of carbonyl (C=O) groups excluding carboxylic acids is 2. The predicted molar refractivity (Wildman–Crippen MR) is 162 cm³/mol. The largest absolute Gasteiger partial charge is 0.417 e. The molecular formula is C34H34F3N3O4. The molecule has 2 heterocycles. The summed E-state index contributed by atoms with van der Waals surface area (Å²) in [5, 5.41) is 0. The zero-order valence-electron chi connectivity index (χ0n) is 25.0. The number of aromatic nitrogens is 1. The Labute approximate surface area is 254 Å². The van der Waals surface area contributed by atoms with Gasteiger partial charge in [0, 0.05) is 44.8 Å². The van der Waals surface area contributed by atoms with E-state index in [0.29, 0.717) is 47.8 Å². The van der Waals surface area contributed by atoms with Gasteiger partial charge in [-0.2, -0.15) is 13.2 Å². The molecule has 0 aliphatic carbocycles. The van der Waals surface area contributed by atoms with E-state index in [4.69, 9.17) is 9.47 Å². The lowest BCUT2D eigenvalue weighted by molar-refractivity contribution is -0.137. The third-order valence-electron chi connectivity index (χ3n) is 7.97. The number of fused-ring (bicyclic) bond motifs is 2. The van der Waals surface area contributed by atoms with E-state index >= 15 is 0 Å². The molecule has 1 unspecified atom stereocenters. The van der Waals surface area contributed by atoms with Gasteiger partial charge < -0.3 is 23.8 Å². The standard InChI is InChI=1S/C34H34F3N3O4/c1-22-17-23(13-15-27(22)28-10-6-7-11-29(28)34(35,36)37)32(41)40-19-25-14-16-31(33(42)38(2)20-26(44-4)21-43-3)39(25)18-24-9-5-8-12-30(24)40/h5-17,26H,18-21H2,1-4H3. The second-order valence-corrected chi connectivity index (χ2v) is 10.9. The van der Waals surface area contributed by atoms with Gasteiger partial charge in [-0.3, -0.25) is 9.59 Å². The third kappa shape index (κ3) is 6.13. The number of aryl methyl sites for hydroxylation is 1. The van der Waals surface area contributed by atoms with Gasteiger partial charge in [-0.05, 0) is 65.6 Å². The summed E-state index contributed by atoms with van der Waals surface area (Å²) in [5.41, 5.74) is 3.48. The van der Waals surface area contributed by atoms with E-state index in [1.165, 1.54) is 12.1 Å². The monoisotopic (exact) mass is 605 g/mol. The summed E-state index contributed by atoms with van der Waals surface area (Å²) in [6.07, 6.45) is -4.79. The van der Waals surface area contributed by atoms with Crippen LogP contribution in [0.25, 0.3) is 11.1 Å². The van der Waals surface area contributed by atoms with Crippen LogP contribution >= 0.6 is 0 Å². The number of hydrogen-bond donors (Lipinski definition) is 0. The number of likely N-dealkylation sites (N-methyl/N-ethyl adjacent to an activating group) is 1. The summed E-state index contributed by atoms with van der Waals surface area (Å²) < 4.78 is 53.7. The number of halogens is 3. The molecule has 1 aliphatic rings. The number of alkyl halides is 3. The van der Waals surface area contributed by atoms with Gasteiger partial charge in [0.25, 0.3) is 11.8 Å². The van der Waals surface area contributed by atoms with Crippen LogP contribution in [0.3, 0.4) is 0 Å². The average Bonchev–Trinajstić information content (AvgIpc) is 3.32. The highest BCUT2D eigenvalue weighted by atomic mass is 19.4. The van der Waals surface area contributed by atoms with Crippen LogP contribution in [0.5, 0.6) is 0 Å². The SMILES string of the molecule is COCC(CN(C)C(=O)c1ccc2n1Cc1ccccc1N(C(=O)c1ccc(-c3ccccc3C(F)(F)F)c(C)c1)C2)OC. The van der Waals surface area contributed by atoms with E-state index in [1.54, 1.807) is 68.3 Å². The van der Waals surface area contributed by atoms with Crippen molar-refractivity contribution >= 4 is 17.5 Å². The first kappa shape index (κ1) is 31.0. The molecule has 0 saturated heterocycles. The van der Waals surface area contributed by atoms with Gasteiger partial charge in [-0.25, -0.2) is 0 Å². The van der Waals surface area contributed by atoms with E-state index in [2.05, 4.69) is 0 Å². The van der Waals surface area contributed by atoms with Gasteiger partial charge in [0.15, 0.2) is 0 Å². The Balaban J connectivity index is 1.47. The molecule has 1 aliphatic heterocycles. The number of anilines is 1. The van der Waals surface area contributed by atoms with Crippen molar-refractivity contribution < 1.29 is 32.2 Å². The maximum Gasteiger partial charge on any atom is 0.417 e. The first-order valence-electron chi connectivity index (χ1n) is 14.2. The fourth-order valence-electron chi connectivity index (χ4n) is 5.71. The second-order valence-electron chi connectivity index (χ2n) is 10.9. The Morgan fingerprint density at radius 1 is 0.932 bits per heavy atom. The first-order chi connectivity index (χ1) is 21.0. The lowest BCUT2D eigenvalue weighted by Crippen LogP contribution is -2.38. The zero-order valence-corrected chi connectivity index (χ0v) is 25.0. The summed E-state index contributed by atoms with van der Waals surface area (Å²) in [4.78, 5) is 30.8. The van der Waals surface area contributed by atoms with E-state index in [0.717, 1.165) is 17.3 Å². The van der Waals surface area contributed by atoms with Crippen LogP contribution in [0, 0.1) is 6.92 Å². The maximum atomic E-state index is 14.1. The molecule has 10 heteroatoms. The fourth-order valence-corrected chi connectivity index (χ4v) is 5.71. The molecule has 1 atom stereocenters. The molecule has 0 saturated carbocycles. The molecule has 0 radical (unpaired) electrons. The highest BCUT2D eigenvalue weighted by molar-refractivity contribution is 6.07. The Hall–Kier alpha value is -4.41. The van der Waals surface area contributed by atoms with Crippen LogP contribution in [0.1, 0.15) is 43.2 Å². The third-order valence-corrected chi connectivity index (χ3v) is 7.97. The van der Waals surface area contributed by atoms with Crippen molar-refractivity contribution in [3.63, 3.8) is 0 Å². The summed E-state index contributed by atoms with van der Waals surface area (Å²) in [6, 6.07) is 21.3. The average molecular weight is 606 g/mol. The summed E-state index contributed by atoms with van der Waals surface area (Å²) in [5.74, 6) is -0.477. The first-order valence-corrected chi connectivity index (χ1v) is 14.2. The lowest BCUT2D eigenvalue weighted by Gasteiger charge is -2.23. The van der Waals surface area contributed by atoms with Crippen molar-refractivity contribution in [2.24, 2.45) is 0 Å². The number of rotatable bonds is 8. The number of hydrogen-bond acceptors (Lipinski definition) is 4.